The van der Waals surface area contributed by atoms with Gasteiger partial charge in [0.05, 0.1) is 6.04 Å². The van der Waals surface area contributed by atoms with Gasteiger partial charge in [-0.1, -0.05) is 0 Å². The van der Waals surface area contributed by atoms with Crippen molar-refractivity contribution in [1.82, 2.24) is 15.6 Å². The summed E-state index contributed by atoms with van der Waals surface area (Å²) in [6.07, 6.45) is 4.48. The van der Waals surface area contributed by atoms with Crippen LogP contribution < -0.4 is 10.6 Å². The third kappa shape index (κ3) is 4.01. The van der Waals surface area contributed by atoms with Gasteiger partial charge >= 0.3 is 0 Å². The van der Waals surface area contributed by atoms with E-state index in [9.17, 15) is 0 Å². The highest BCUT2D eigenvalue weighted by molar-refractivity contribution is 7.09. The maximum atomic E-state index is 4.32. The van der Waals surface area contributed by atoms with Gasteiger partial charge in [-0.2, -0.15) is 0 Å². The van der Waals surface area contributed by atoms with Gasteiger partial charge in [0.2, 0.25) is 0 Å². The van der Waals surface area contributed by atoms with Crippen molar-refractivity contribution in [2.45, 2.75) is 25.8 Å². The predicted octanol–water partition coefficient (Wildman–Crippen LogP) is 2.22. The van der Waals surface area contributed by atoms with E-state index in [2.05, 4.69) is 22.5 Å². The summed E-state index contributed by atoms with van der Waals surface area (Å²) in [7, 11) is 0. The number of piperidine rings is 1. The van der Waals surface area contributed by atoms with Crippen molar-refractivity contribution in [2.75, 3.05) is 19.6 Å². The van der Waals surface area contributed by atoms with Crippen molar-refractivity contribution in [3.8, 4) is 0 Å². The Hall–Kier alpha value is -0.160. The van der Waals surface area contributed by atoms with Crippen molar-refractivity contribution < 1.29 is 0 Å². The largest absolute Gasteiger partial charge is 0.317 e. The Morgan fingerprint density at radius 1 is 1.56 bits per heavy atom. The van der Waals surface area contributed by atoms with Crippen molar-refractivity contribution in [3.63, 3.8) is 0 Å². The first-order chi connectivity index (χ1) is 7.36. The average Bonchev–Trinajstić information content (AvgIpc) is 2.81. The lowest BCUT2D eigenvalue weighted by Gasteiger charge is -2.24. The fourth-order valence-electron chi connectivity index (χ4n) is 1.96. The molecule has 1 aromatic rings. The number of hydrogen-bond acceptors (Lipinski definition) is 4. The van der Waals surface area contributed by atoms with Crippen LogP contribution in [0.3, 0.4) is 0 Å². The molecule has 16 heavy (non-hydrogen) atoms. The summed E-state index contributed by atoms with van der Waals surface area (Å²) in [5.41, 5.74) is 0. The first-order valence-electron chi connectivity index (χ1n) is 5.70. The van der Waals surface area contributed by atoms with Gasteiger partial charge in [-0.15, -0.1) is 23.7 Å². The lowest BCUT2D eigenvalue weighted by atomic mass is 9.98. The molecule has 1 aliphatic rings. The van der Waals surface area contributed by atoms with Crippen LogP contribution in [0.4, 0.5) is 0 Å². The summed E-state index contributed by atoms with van der Waals surface area (Å²) in [6.45, 7) is 5.68. The molecule has 0 aromatic carbocycles. The molecule has 1 atom stereocenters. The Labute approximate surface area is 107 Å². The van der Waals surface area contributed by atoms with Gasteiger partial charge in [0, 0.05) is 11.6 Å². The summed E-state index contributed by atoms with van der Waals surface area (Å²) in [6, 6.07) is 0.403. The highest BCUT2D eigenvalue weighted by Gasteiger charge is 2.14. The quantitative estimate of drug-likeness (QED) is 0.873. The van der Waals surface area contributed by atoms with Crippen LogP contribution in [-0.4, -0.2) is 24.6 Å². The van der Waals surface area contributed by atoms with Crippen LogP contribution in [0.2, 0.25) is 0 Å². The molecular weight excluding hydrogens is 242 g/mol. The van der Waals surface area contributed by atoms with E-state index in [0.29, 0.717) is 6.04 Å². The van der Waals surface area contributed by atoms with Gasteiger partial charge < -0.3 is 10.6 Å². The summed E-state index contributed by atoms with van der Waals surface area (Å²) in [4.78, 5) is 4.32. The molecule has 1 aliphatic heterocycles. The molecule has 0 spiro atoms. The monoisotopic (exact) mass is 261 g/mol. The lowest BCUT2D eigenvalue weighted by molar-refractivity contribution is 0.345. The molecule has 0 aliphatic carbocycles. The molecule has 0 amide bonds. The number of aromatic nitrogens is 1. The van der Waals surface area contributed by atoms with E-state index < -0.39 is 0 Å². The molecule has 1 aromatic heterocycles. The van der Waals surface area contributed by atoms with Gasteiger partial charge in [-0.3, -0.25) is 0 Å². The Kier molecular flexibility index (Phi) is 6.28. The molecule has 2 rings (SSSR count). The standard InChI is InChI=1S/C11H19N3S.ClH/c1-9(11-13-6-7-15-11)14-8-10-2-4-12-5-3-10;/h6-7,9-10,12,14H,2-5,8H2,1H3;1H. The van der Waals surface area contributed by atoms with Gasteiger partial charge in [0.1, 0.15) is 5.01 Å². The van der Waals surface area contributed by atoms with Crippen molar-refractivity contribution in [1.29, 1.82) is 0 Å². The number of hydrogen-bond donors (Lipinski definition) is 2. The smallest absolute Gasteiger partial charge is 0.109 e. The van der Waals surface area contributed by atoms with Crippen molar-refractivity contribution in [2.24, 2.45) is 5.92 Å². The molecule has 5 heteroatoms. The predicted molar refractivity (Wildman–Crippen MR) is 71.4 cm³/mol. The van der Waals surface area contributed by atoms with Gasteiger partial charge in [-0.25, -0.2) is 4.98 Å². The Morgan fingerprint density at radius 2 is 2.31 bits per heavy atom. The van der Waals surface area contributed by atoms with Crippen molar-refractivity contribution >= 4 is 23.7 Å². The zero-order chi connectivity index (χ0) is 10.5. The number of halogens is 1. The first kappa shape index (κ1) is 13.9. The van der Waals surface area contributed by atoms with E-state index in [0.717, 1.165) is 12.5 Å². The van der Waals surface area contributed by atoms with Crippen LogP contribution in [0.5, 0.6) is 0 Å². The van der Waals surface area contributed by atoms with E-state index in [4.69, 9.17) is 0 Å². The third-order valence-electron chi connectivity index (χ3n) is 2.99. The number of thiazole rings is 1. The minimum atomic E-state index is 0. The van der Waals surface area contributed by atoms with Crippen molar-refractivity contribution in [3.05, 3.63) is 16.6 Å². The number of nitrogens with one attached hydrogen (secondary N) is 2. The lowest BCUT2D eigenvalue weighted by Crippen LogP contribution is -2.34. The van der Waals surface area contributed by atoms with E-state index in [1.807, 2.05) is 11.6 Å². The topological polar surface area (TPSA) is 37.0 Å². The molecule has 0 saturated carbocycles. The summed E-state index contributed by atoms with van der Waals surface area (Å²) >= 11 is 1.73. The Balaban J connectivity index is 0.00000128. The molecule has 1 fully saturated rings. The Bertz CT molecular complexity index is 273. The molecule has 2 N–H and O–H groups in total. The highest BCUT2D eigenvalue weighted by atomic mass is 35.5. The number of nitrogens with zero attached hydrogens (tertiary/aromatic N) is 1. The minimum absolute atomic E-state index is 0. The number of rotatable bonds is 4. The van der Waals surface area contributed by atoms with Crippen LogP contribution in [0, 0.1) is 5.92 Å². The fraction of sp³-hybridized carbons (Fsp3) is 0.727. The van der Waals surface area contributed by atoms with E-state index in [1.54, 1.807) is 11.3 Å². The molecule has 0 radical (unpaired) electrons. The van der Waals surface area contributed by atoms with E-state index in [-0.39, 0.29) is 12.4 Å². The fourth-order valence-corrected chi connectivity index (χ4v) is 2.64. The van der Waals surface area contributed by atoms with Gasteiger partial charge in [-0.05, 0) is 45.3 Å². The molecular formula is C11H20ClN3S. The minimum Gasteiger partial charge on any atom is -0.317 e. The normalized spacial score (nSPS) is 19.1. The second kappa shape index (κ2) is 7.22. The second-order valence-corrected chi connectivity index (χ2v) is 5.12. The van der Waals surface area contributed by atoms with Crippen LogP contribution in [0.1, 0.15) is 30.8 Å². The third-order valence-corrected chi connectivity index (χ3v) is 3.95. The van der Waals surface area contributed by atoms with Crippen LogP contribution in [0.25, 0.3) is 0 Å². The first-order valence-corrected chi connectivity index (χ1v) is 6.57. The second-order valence-electron chi connectivity index (χ2n) is 4.19. The summed E-state index contributed by atoms with van der Waals surface area (Å²) in [5, 5.41) is 10.2. The maximum Gasteiger partial charge on any atom is 0.109 e. The van der Waals surface area contributed by atoms with E-state index >= 15 is 0 Å². The Morgan fingerprint density at radius 3 is 2.94 bits per heavy atom. The summed E-state index contributed by atoms with van der Waals surface area (Å²) < 4.78 is 0. The zero-order valence-corrected chi connectivity index (χ0v) is 11.2. The van der Waals surface area contributed by atoms with E-state index in [1.165, 1.54) is 30.9 Å². The molecule has 1 saturated heterocycles. The summed E-state index contributed by atoms with van der Waals surface area (Å²) in [5.74, 6) is 0.841. The molecule has 92 valence electrons. The van der Waals surface area contributed by atoms with Crippen LogP contribution in [0.15, 0.2) is 11.6 Å². The highest BCUT2D eigenvalue weighted by Crippen LogP contribution is 2.16. The average molecular weight is 262 g/mol. The maximum absolute atomic E-state index is 4.32. The van der Waals surface area contributed by atoms with Crippen LogP contribution >= 0.6 is 23.7 Å². The molecule has 1 unspecified atom stereocenters. The molecule has 3 nitrogen and oxygen atoms in total. The van der Waals surface area contributed by atoms with Gasteiger partial charge in [0.25, 0.3) is 0 Å². The SMILES string of the molecule is CC(NCC1CCNCC1)c1nccs1.Cl. The molecule has 0 bridgehead atoms. The van der Waals surface area contributed by atoms with Crippen LogP contribution in [-0.2, 0) is 0 Å². The zero-order valence-electron chi connectivity index (χ0n) is 9.61. The van der Waals surface area contributed by atoms with Gasteiger partial charge in [0.15, 0.2) is 0 Å². The molecule has 2 heterocycles.